The molecule has 4 rings (SSSR count). The highest BCUT2D eigenvalue weighted by atomic mass is 32.1. The zero-order valence-electron chi connectivity index (χ0n) is 17.1. The molecule has 0 bridgehead atoms. The Hall–Kier alpha value is -3.72. The fourth-order valence-electron chi connectivity index (χ4n) is 3.17. The van der Waals surface area contributed by atoms with E-state index in [0.29, 0.717) is 34.9 Å². The second-order valence-corrected chi connectivity index (χ2v) is 7.72. The van der Waals surface area contributed by atoms with Crippen molar-refractivity contribution < 1.29 is 9.53 Å². The molecule has 0 atom stereocenters. The fraction of sp³-hybridized carbons (Fsp3) is 0.182. The molecule has 4 aromatic rings. The van der Waals surface area contributed by atoms with Gasteiger partial charge in [-0.2, -0.15) is 9.78 Å². The van der Waals surface area contributed by atoms with Crippen molar-refractivity contribution in [3.8, 4) is 22.3 Å². The van der Waals surface area contributed by atoms with Crippen LogP contribution in [0.15, 0.2) is 58.7 Å². The van der Waals surface area contributed by atoms with Crippen LogP contribution in [0.4, 0.5) is 5.82 Å². The van der Waals surface area contributed by atoms with Gasteiger partial charge in [-0.25, -0.2) is 4.98 Å². The van der Waals surface area contributed by atoms with Crippen LogP contribution >= 0.6 is 11.3 Å². The summed E-state index contributed by atoms with van der Waals surface area (Å²) in [7, 11) is 1.51. The molecular formula is C22H21N5O3S. The minimum atomic E-state index is -0.358. The van der Waals surface area contributed by atoms with Gasteiger partial charge >= 0.3 is 0 Å². The van der Waals surface area contributed by atoms with E-state index >= 15 is 0 Å². The van der Waals surface area contributed by atoms with E-state index < -0.39 is 0 Å². The summed E-state index contributed by atoms with van der Waals surface area (Å²) < 4.78 is 6.75. The summed E-state index contributed by atoms with van der Waals surface area (Å²) in [5, 5.41) is 9.43. The SMILES string of the molecule is CCCc1cc(=O)[nH]c(-n2nc(-c3cccs3)cc2NC(=O)c2ccccc2OC)n1. The first-order valence-electron chi connectivity index (χ1n) is 9.78. The maximum Gasteiger partial charge on any atom is 0.260 e. The molecule has 9 heteroatoms. The molecule has 3 heterocycles. The molecule has 158 valence electrons. The third-order valence-electron chi connectivity index (χ3n) is 4.57. The zero-order chi connectivity index (χ0) is 21.8. The molecule has 0 saturated carbocycles. The van der Waals surface area contributed by atoms with Gasteiger partial charge in [-0.15, -0.1) is 11.3 Å². The summed E-state index contributed by atoms with van der Waals surface area (Å²) in [5.74, 6) is 0.731. The quantitative estimate of drug-likeness (QED) is 0.458. The van der Waals surface area contributed by atoms with Gasteiger partial charge in [-0.3, -0.25) is 14.6 Å². The number of carbonyl (C=O) groups excluding carboxylic acids is 1. The number of para-hydroxylation sites is 1. The van der Waals surface area contributed by atoms with Crippen molar-refractivity contribution in [1.29, 1.82) is 0 Å². The summed E-state index contributed by atoms with van der Waals surface area (Å²) in [5.41, 5.74) is 1.44. The summed E-state index contributed by atoms with van der Waals surface area (Å²) >= 11 is 1.53. The lowest BCUT2D eigenvalue weighted by atomic mass is 10.2. The van der Waals surface area contributed by atoms with Crippen LogP contribution in [-0.2, 0) is 6.42 Å². The molecule has 8 nitrogen and oxygen atoms in total. The minimum absolute atomic E-state index is 0.245. The van der Waals surface area contributed by atoms with Crippen molar-refractivity contribution >= 4 is 23.1 Å². The van der Waals surface area contributed by atoms with Crippen LogP contribution in [0.5, 0.6) is 5.75 Å². The number of thiophene rings is 1. The smallest absolute Gasteiger partial charge is 0.260 e. The van der Waals surface area contributed by atoms with Crippen LogP contribution in [0, 0.1) is 0 Å². The monoisotopic (exact) mass is 435 g/mol. The van der Waals surface area contributed by atoms with Gasteiger partial charge in [0.05, 0.1) is 17.6 Å². The summed E-state index contributed by atoms with van der Waals surface area (Å²) in [6, 6.07) is 14.0. The Morgan fingerprint density at radius 1 is 1.23 bits per heavy atom. The second kappa shape index (κ2) is 8.97. The first-order valence-corrected chi connectivity index (χ1v) is 10.7. The van der Waals surface area contributed by atoms with Gasteiger partial charge in [0.25, 0.3) is 11.5 Å². The van der Waals surface area contributed by atoms with Gasteiger partial charge in [0.2, 0.25) is 5.95 Å². The lowest BCUT2D eigenvalue weighted by Crippen LogP contribution is -2.19. The van der Waals surface area contributed by atoms with Gasteiger partial charge in [-0.05, 0) is 30.0 Å². The summed E-state index contributed by atoms with van der Waals surface area (Å²) in [6.07, 6.45) is 1.52. The Kier molecular flexibility index (Phi) is 5.94. The molecule has 31 heavy (non-hydrogen) atoms. The van der Waals surface area contributed by atoms with Gasteiger partial charge < -0.3 is 10.1 Å². The number of nitrogens with zero attached hydrogens (tertiary/aromatic N) is 3. The van der Waals surface area contributed by atoms with Gasteiger partial charge in [-0.1, -0.05) is 31.5 Å². The van der Waals surface area contributed by atoms with E-state index in [9.17, 15) is 9.59 Å². The number of ether oxygens (including phenoxy) is 1. The van der Waals surface area contributed by atoms with E-state index in [0.717, 1.165) is 11.3 Å². The van der Waals surface area contributed by atoms with Crippen LogP contribution in [0.1, 0.15) is 29.4 Å². The van der Waals surface area contributed by atoms with Crippen molar-refractivity contribution in [2.45, 2.75) is 19.8 Å². The topological polar surface area (TPSA) is 102 Å². The van der Waals surface area contributed by atoms with E-state index in [1.165, 1.54) is 29.2 Å². The fourth-order valence-corrected chi connectivity index (χ4v) is 3.85. The number of aryl methyl sites for hydroxylation is 1. The molecule has 0 fully saturated rings. The Morgan fingerprint density at radius 2 is 2.06 bits per heavy atom. The number of hydrogen-bond donors (Lipinski definition) is 2. The van der Waals surface area contributed by atoms with Gasteiger partial charge in [0, 0.05) is 17.8 Å². The van der Waals surface area contributed by atoms with E-state index in [2.05, 4.69) is 20.4 Å². The molecule has 0 spiro atoms. The molecule has 0 saturated heterocycles. The minimum Gasteiger partial charge on any atom is -0.496 e. The van der Waals surface area contributed by atoms with Crippen LogP contribution in [-0.4, -0.2) is 32.8 Å². The Balaban J connectivity index is 1.78. The molecule has 1 aromatic carbocycles. The first-order chi connectivity index (χ1) is 15.1. The molecule has 0 radical (unpaired) electrons. The number of aromatic amines is 1. The number of benzene rings is 1. The van der Waals surface area contributed by atoms with Crippen LogP contribution in [0.2, 0.25) is 0 Å². The highest BCUT2D eigenvalue weighted by molar-refractivity contribution is 7.13. The number of carbonyl (C=O) groups is 1. The van der Waals surface area contributed by atoms with E-state index in [-0.39, 0.29) is 17.4 Å². The number of anilines is 1. The molecule has 3 aromatic heterocycles. The Labute approximate surface area is 182 Å². The van der Waals surface area contributed by atoms with Crippen LogP contribution in [0.3, 0.4) is 0 Å². The number of aromatic nitrogens is 4. The maximum atomic E-state index is 13.0. The molecule has 0 aliphatic heterocycles. The third-order valence-corrected chi connectivity index (χ3v) is 5.46. The summed E-state index contributed by atoms with van der Waals surface area (Å²) in [6.45, 7) is 2.02. The molecule has 1 amide bonds. The van der Waals surface area contributed by atoms with Crippen molar-refractivity contribution in [3.63, 3.8) is 0 Å². The maximum absolute atomic E-state index is 13.0. The molecule has 0 aliphatic carbocycles. The highest BCUT2D eigenvalue weighted by Crippen LogP contribution is 2.28. The normalized spacial score (nSPS) is 10.8. The van der Waals surface area contributed by atoms with Crippen molar-refractivity contribution in [1.82, 2.24) is 19.7 Å². The van der Waals surface area contributed by atoms with E-state index in [4.69, 9.17) is 4.74 Å². The molecule has 2 N–H and O–H groups in total. The standard InChI is InChI=1S/C22H21N5O3S/c1-3-7-14-12-20(28)25-22(23-14)27-19(13-16(26-27)18-10-6-11-31-18)24-21(29)15-8-4-5-9-17(15)30-2/h4-6,8-13H,3,7H2,1-2H3,(H,24,29)(H,23,25,28). The molecule has 0 unspecified atom stereocenters. The largest absolute Gasteiger partial charge is 0.496 e. The highest BCUT2D eigenvalue weighted by Gasteiger charge is 2.19. The predicted octanol–water partition coefficient (Wildman–Crippen LogP) is 3.90. The van der Waals surface area contributed by atoms with Crippen LogP contribution < -0.4 is 15.6 Å². The van der Waals surface area contributed by atoms with E-state index in [1.54, 1.807) is 30.3 Å². The second-order valence-electron chi connectivity index (χ2n) is 6.77. The molecular weight excluding hydrogens is 414 g/mol. The predicted molar refractivity (Wildman–Crippen MR) is 120 cm³/mol. The van der Waals surface area contributed by atoms with Gasteiger partial charge in [0.15, 0.2) is 0 Å². The van der Waals surface area contributed by atoms with Gasteiger partial charge in [0.1, 0.15) is 17.3 Å². The number of nitrogens with one attached hydrogen (secondary N) is 2. The number of rotatable bonds is 7. The van der Waals surface area contributed by atoms with E-state index in [1.807, 2.05) is 24.4 Å². The Morgan fingerprint density at radius 3 is 2.81 bits per heavy atom. The lowest BCUT2D eigenvalue weighted by molar-refractivity contribution is 0.102. The lowest BCUT2D eigenvalue weighted by Gasteiger charge is -2.11. The summed E-state index contributed by atoms with van der Waals surface area (Å²) in [4.78, 5) is 33.4. The average Bonchev–Trinajstić information content (AvgIpc) is 3.43. The van der Waals surface area contributed by atoms with Crippen molar-refractivity contribution in [2.75, 3.05) is 12.4 Å². The van der Waals surface area contributed by atoms with Crippen LogP contribution in [0.25, 0.3) is 16.5 Å². The average molecular weight is 436 g/mol. The molecule has 0 aliphatic rings. The number of methoxy groups -OCH3 is 1. The first kappa shape index (κ1) is 20.5. The zero-order valence-corrected chi connectivity index (χ0v) is 17.9. The number of H-pyrrole nitrogens is 1. The Bertz CT molecular complexity index is 1260. The number of hydrogen-bond acceptors (Lipinski definition) is 6. The van der Waals surface area contributed by atoms with Crippen molar-refractivity contribution in [2.24, 2.45) is 0 Å². The third kappa shape index (κ3) is 4.41. The number of amides is 1. The van der Waals surface area contributed by atoms with Crippen molar-refractivity contribution in [3.05, 3.63) is 75.5 Å².